The second-order valence-corrected chi connectivity index (χ2v) is 2.17. The second-order valence-electron chi connectivity index (χ2n) is 2.17. The average Bonchev–Trinajstić information content (AvgIpc) is 2.19. The minimum Gasteiger partial charge on any atom is -0.227 e. The van der Waals surface area contributed by atoms with Crippen LogP contribution in [0.3, 0.4) is 0 Å². The Kier molecular flexibility index (Phi) is 2.30. The van der Waals surface area contributed by atoms with Crippen molar-refractivity contribution in [3.8, 4) is 0 Å². The van der Waals surface area contributed by atoms with E-state index >= 15 is 0 Å². The summed E-state index contributed by atoms with van der Waals surface area (Å²) in [5.41, 5.74) is 4.26. The normalized spacial score (nSPS) is 22.1. The molecule has 0 aliphatic carbocycles. The van der Waals surface area contributed by atoms with Gasteiger partial charge in [-0.05, 0) is 12.8 Å². The summed E-state index contributed by atoms with van der Waals surface area (Å²) in [4.78, 5) is 0. The SMILES string of the molecule is CCCN1CCC[N]1. The molecule has 0 aromatic heterocycles. The van der Waals surface area contributed by atoms with Gasteiger partial charge in [-0.3, -0.25) is 0 Å². The largest absolute Gasteiger partial charge is 0.227 e. The molecule has 2 heteroatoms. The highest BCUT2D eigenvalue weighted by Crippen LogP contribution is 1.97. The van der Waals surface area contributed by atoms with Gasteiger partial charge in [0.15, 0.2) is 0 Å². The molecule has 1 aliphatic heterocycles. The molecule has 2 nitrogen and oxygen atoms in total. The molecule has 0 spiro atoms. The number of rotatable bonds is 2. The minimum absolute atomic E-state index is 1.06. The Morgan fingerprint density at radius 1 is 1.62 bits per heavy atom. The van der Waals surface area contributed by atoms with E-state index in [1.807, 2.05) is 0 Å². The van der Waals surface area contributed by atoms with E-state index < -0.39 is 0 Å². The van der Waals surface area contributed by atoms with E-state index in [4.69, 9.17) is 0 Å². The second kappa shape index (κ2) is 3.05. The monoisotopic (exact) mass is 113 g/mol. The molecule has 0 amide bonds. The molecule has 1 aliphatic rings. The molecule has 0 unspecified atom stereocenters. The van der Waals surface area contributed by atoms with E-state index in [1.165, 1.54) is 19.4 Å². The van der Waals surface area contributed by atoms with Crippen molar-refractivity contribution in [3.05, 3.63) is 0 Å². The van der Waals surface area contributed by atoms with Crippen LogP contribution in [0, 0.1) is 0 Å². The van der Waals surface area contributed by atoms with E-state index in [-0.39, 0.29) is 0 Å². The molecule has 1 saturated heterocycles. The fourth-order valence-electron chi connectivity index (χ4n) is 0.977. The van der Waals surface area contributed by atoms with Crippen LogP contribution in [0.1, 0.15) is 19.8 Å². The van der Waals surface area contributed by atoms with Gasteiger partial charge in [-0.1, -0.05) is 6.92 Å². The lowest BCUT2D eigenvalue weighted by Crippen LogP contribution is -2.25. The molecule has 0 aromatic carbocycles. The molecule has 0 N–H and O–H groups in total. The predicted molar refractivity (Wildman–Crippen MR) is 33.5 cm³/mol. The molecule has 1 fully saturated rings. The summed E-state index contributed by atoms with van der Waals surface area (Å²) in [6, 6.07) is 0. The maximum absolute atomic E-state index is 4.26. The van der Waals surface area contributed by atoms with Crippen LogP contribution < -0.4 is 5.43 Å². The minimum atomic E-state index is 1.06. The predicted octanol–water partition coefficient (Wildman–Crippen LogP) is 0.622. The smallest absolute Gasteiger partial charge is 0.0319 e. The molecule has 8 heavy (non-hydrogen) atoms. The van der Waals surface area contributed by atoms with Crippen molar-refractivity contribution in [3.63, 3.8) is 0 Å². The van der Waals surface area contributed by atoms with E-state index in [1.54, 1.807) is 0 Å². The van der Waals surface area contributed by atoms with Crippen LogP contribution in [0.5, 0.6) is 0 Å². The Balaban J connectivity index is 2.06. The Hall–Kier alpha value is -0.0800. The van der Waals surface area contributed by atoms with Gasteiger partial charge in [0, 0.05) is 19.6 Å². The van der Waals surface area contributed by atoms with Gasteiger partial charge in [0.05, 0.1) is 0 Å². The molecule has 1 radical (unpaired) electrons. The van der Waals surface area contributed by atoms with Crippen molar-refractivity contribution in [2.24, 2.45) is 0 Å². The summed E-state index contributed by atoms with van der Waals surface area (Å²) in [7, 11) is 0. The first-order valence-corrected chi connectivity index (χ1v) is 3.36. The molecule has 0 saturated carbocycles. The topological polar surface area (TPSA) is 17.3 Å². The molecule has 0 aromatic rings. The maximum atomic E-state index is 4.26. The summed E-state index contributed by atoms with van der Waals surface area (Å²) in [5.74, 6) is 0. The lowest BCUT2D eigenvalue weighted by molar-refractivity contribution is 0.246. The van der Waals surface area contributed by atoms with Gasteiger partial charge >= 0.3 is 0 Å². The standard InChI is InChI=1S/C6H13N2/c1-2-5-8-6-3-4-7-8/h2-6H2,1H3. The number of nitrogens with zero attached hydrogens (tertiary/aromatic N) is 2. The van der Waals surface area contributed by atoms with Gasteiger partial charge in [-0.2, -0.15) is 5.43 Å². The van der Waals surface area contributed by atoms with Gasteiger partial charge in [0.1, 0.15) is 0 Å². The van der Waals surface area contributed by atoms with Crippen molar-refractivity contribution in [2.45, 2.75) is 19.8 Å². The Labute approximate surface area is 50.8 Å². The molecular formula is C6H13N2. The fourth-order valence-corrected chi connectivity index (χ4v) is 0.977. The van der Waals surface area contributed by atoms with Gasteiger partial charge in [0.25, 0.3) is 0 Å². The van der Waals surface area contributed by atoms with Gasteiger partial charge < -0.3 is 0 Å². The Bertz CT molecular complexity index is 57.5. The lowest BCUT2D eigenvalue weighted by atomic mass is 10.4. The Morgan fingerprint density at radius 2 is 2.50 bits per heavy atom. The summed E-state index contributed by atoms with van der Waals surface area (Å²) in [6.07, 6.45) is 2.49. The quantitative estimate of drug-likeness (QED) is 0.513. The summed E-state index contributed by atoms with van der Waals surface area (Å²) in [5, 5.41) is 2.17. The van der Waals surface area contributed by atoms with Crippen molar-refractivity contribution in [1.29, 1.82) is 0 Å². The van der Waals surface area contributed by atoms with E-state index in [0.717, 1.165) is 13.1 Å². The van der Waals surface area contributed by atoms with Gasteiger partial charge in [0.2, 0.25) is 0 Å². The van der Waals surface area contributed by atoms with E-state index in [9.17, 15) is 0 Å². The number of hydrogen-bond acceptors (Lipinski definition) is 1. The molecule has 1 heterocycles. The zero-order chi connectivity index (χ0) is 5.82. The third-order valence-corrected chi connectivity index (χ3v) is 1.36. The molecule has 47 valence electrons. The lowest BCUT2D eigenvalue weighted by Gasteiger charge is -2.09. The third kappa shape index (κ3) is 1.46. The fraction of sp³-hybridized carbons (Fsp3) is 1.00. The molecular weight excluding hydrogens is 100 g/mol. The van der Waals surface area contributed by atoms with E-state index in [0.29, 0.717) is 0 Å². The zero-order valence-corrected chi connectivity index (χ0v) is 5.43. The van der Waals surface area contributed by atoms with Crippen LogP contribution >= 0.6 is 0 Å². The van der Waals surface area contributed by atoms with Crippen molar-refractivity contribution in [2.75, 3.05) is 19.6 Å². The van der Waals surface area contributed by atoms with Crippen molar-refractivity contribution in [1.82, 2.24) is 10.4 Å². The first-order valence-electron chi connectivity index (χ1n) is 3.36. The highest BCUT2D eigenvalue weighted by Gasteiger charge is 2.09. The molecule has 0 bridgehead atoms. The van der Waals surface area contributed by atoms with Crippen LogP contribution in [0.15, 0.2) is 0 Å². The summed E-state index contributed by atoms with van der Waals surface area (Å²) >= 11 is 0. The third-order valence-electron chi connectivity index (χ3n) is 1.36. The molecule has 0 atom stereocenters. The summed E-state index contributed by atoms with van der Waals surface area (Å²) in [6.45, 7) is 5.58. The zero-order valence-electron chi connectivity index (χ0n) is 5.43. The highest BCUT2D eigenvalue weighted by atomic mass is 15.5. The van der Waals surface area contributed by atoms with Crippen LogP contribution in [0.4, 0.5) is 0 Å². The van der Waals surface area contributed by atoms with E-state index in [2.05, 4.69) is 17.4 Å². The van der Waals surface area contributed by atoms with Crippen molar-refractivity contribution >= 4 is 0 Å². The van der Waals surface area contributed by atoms with Gasteiger partial charge in [-0.15, -0.1) is 0 Å². The van der Waals surface area contributed by atoms with Crippen LogP contribution in [-0.4, -0.2) is 24.6 Å². The summed E-state index contributed by atoms with van der Waals surface area (Å²) < 4.78 is 0. The van der Waals surface area contributed by atoms with Crippen LogP contribution in [0.2, 0.25) is 0 Å². The first-order chi connectivity index (χ1) is 3.93. The molecule has 1 rings (SSSR count). The Morgan fingerprint density at radius 3 is 3.00 bits per heavy atom. The average molecular weight is 113 g/mol. The van der Waals surface area contributed by atoms with Crippen LogP contribution in [-0.2, 0) is 0 Å². The first kappa shape index (κ1) is 6.05. The number of hydrogen-bond donors (Lipinski definition) is 0. The van der Waals surface area contributed by atoms with Crippen molar-refractivity contribution < 1.29 is 0 Å². The van der Waals surface area contributed by atoms with Gasteiger partial charge in [-0.25, -0.2) is 5.01 Å². The van der Waals surface area contributed by atoms with Crippen LogP contribution in [0.25, 0.3) is 0 Å². The maximum Gasteiger partial charge on any atom is 0.0319 e. The highest BCUT2D eigenvalue weighted by molar-refractivity contribution is 4.59.